The highest BCUT2D eigenvalue weighted by Crippen LogP contribution is 2.52. The predicted molar refractivity (Wildman–Crippen MR) is 195 cm³/mol. The van der Waals surface area contributed by atoms with Gasteiger partial charge >= 0.3 is 0 Å². The van der Waals surface area contributed by atoms with Crippen LogP contribution in [0.1, 0.15) is 25.0 Å². The van der Waals surface area contributed by atoms with E-state index in [0.29, 0.717) is 5.89 Å². The smallest absolute Gasteiger partial charge is 0.227 e. The minimum Gasteiger partial charge on any atom is -0.436 e. The highest BCUT2D eigenvalue weighted by molar-refractivity contribution is 6.10. The molecule has 9 rings (SSSR count). The van der Waals surface area contributed by atoms with Crippen LogP contribution >= 0.6 is 0 Å². The van der Waals surface area contributed by atoms with Gasteiger partial charge in [0, 0.05) is 33.1 Å². The van der Waals surface area contributed by atoms with E-state index in [1.165, 1.54) is 33.4 Å². The number of fused-ring (bicyclic) bond motifs is 6. The monoisotopic (exact) mass is 604 g/mol. The zero-order valence-electron chi connectivity index (χ0n) is 26.3. The highest BCUT2D eigenvalue weighted by Gasteiger charge is 2.36. The molecule has 0 fully saturated rings. The fourth-order valence-corrected chi connectivity index (χ4v) is 7.42. The topological polar surface area (TPSA) is 29.3 Å². The molecule has 224 valence electrons. The van der Waals surface area contributed by atoms with E-state index in [9.17, 15) is 0 Å². The van der Waals surface area contributed by atoms with E-state index in [-0.39, 0.29) is 5.41 Å². The van der Waals surface area contributed by atoms with E-state index in [1.807, 2.05) is 36.4 Å². The summed E-state index contributed by atoms with van der Waals surface area (Å²) in [6.45, 7) is 4.67. The quantitative estimate of drug-likeness (QED) is 0.196. The molecule has 0 radical (unpaired) electrons. The number of benzene rings is 7. The fraction of sp³-hybridized carbons (Fsp3) is 0.0682. The van der Waals surface area contributed by atoms with Crippen LogP contribution in [-0.2, 0) is 5.41 Å². The molecule has 0 spiro atoms. The Hall–Kier alpha value is -5.93. The summed E-state index contributed by atoms with van der Waals surface area (Å²) in [4.78, 5) is 7.31. The van der Waals surface area contributed by atoms with Crippen molar-refractivity contribution in [1.82, 2.24) is 4.98 Å². The Balaban J connectivity index is 1.18. The van der Waals surface area contributed by atoms with E-state index in [4.69, 9.17) is 9.40 Å². The first-order valence-corrected chi connectivity index (χ1v) is 16.1. The summed E-state index contributed by atoms with van der Waals surface area (Å²) >= 11 is 0. The van der Waals surface area contributed by atoms with Gasteiger partial charge < -0.3 is 9.32 Å². The number of oxazole rings is 1. The van der Waals surface area contributed by atoms with Crippen LogP contribution in [0.4, 0.5) is 17.1 Å². The second-order valence-electron chi connectivity index (χ2n) is 12.8. The lowest BCUT2D eigenvalue weighted by Gasteiger charge is -2.27. The Morgan fingerprint density at radius 2 is 1.17 bits per heavy atom. The summed E-state index contributed by atoms with van der Waals surface area (Å²) in [5.74, 6) is 0.632. The van der Waals surface area contributed by atoms with Crippen molar-refractivity contribution in [2.24, 2.45) is 0 Å². The molecule has 1 heterocycles. The van der Waals surface area contributed by atoms with E-state index < -0.39 is 0 Å². The molecule has 0 saturated heterocycles. The molecule has 47 heavy (non-hydrogen) atoms. The maximum Gasteiger partial charge on any atom is 0.227 e. The number of hydrogen-bond acceptors (Lipinski definition) is 3. The zero-order chi connectivity index (χ0) is 31.5. The molecule has 0 atom stereocenters. The second kappa shape index (κ2) is 10.6. The predicted octanol–water partition coefficient (Wildman–Crippen LogP) is 12.1. The summed E-state index contributed by atoms with van der Waals surface area (Å²) in [5, 5.41) is 2.17. The molecule has 0 bridgehead atoms. The summed E-state index contributed by atoms with van der Waals surface area (Å²) < 4.78 is 6.23. The fourth-order valence-electron chi connectivity index (χ4n) is 7.42. The number of nitrogens with zero attached hydrogens (tertiary/aromatic N) is 2. The molecule has 1 aliphatic carbocycles. The van der Waals surface area contributed by atoms with E-state index in [0.717, 1.165) is 44.5 Å². The summed E-state index contributed by atoms with van der Waals surface area (Å²) in [6, 6.07) is 55.9. The Morgan fingerprint density at radius 1 is 0.511 bits per heavy atom. The maximum absolute atomic E-state index is 6.23. The molecular weight excluding hydrogens is 572 g/mol. The van der Waals surface area contributed by atoms with Gasteiger partial charge in [0.15, 0.2) is 5.58 Å². The SMILES string of the molecule is CC1(C)c2ccccc2-c2c(-c3ccc(N(c4ccccc4)c4cccc5c4ccc4oc(-c6ccccc6)nc45)cc3)cccc21. The van der Waals surface area contributed by atoms with Crippen LogP contribution in [0.5, 0.6) is 0 Å². The van der Waals surface area contributed by atoms with Gasteiger partial charge in [-0.3, -0.25) is 0 Å². The summed E-state index contributed by atoms with van der Waals surface area (Å²) in [5.41, 5.74) is 13.8. The van der Waals surface area contributed by atoms with E-state index in [2.05, 4.69) is 140 Å². The van der Waals surface area contributed by atoms with Crippen molar-refractivity contribution in [3.05, 3.63) is 169 Å². The Kier molecular flexibility index (Phi) is 6.16. The molecule has 0 N–H and O–H groups in total. The lowest BCUT2D eigenvalue weighted by molar-refractivity contribution is 0.620. The first-order valence-electron chi connectivity index (χ1n) is 16.1. The van der Waals surface area contributed by atoms with Gasteiger partial charge in [-0.2, -0.15) is 0 Å². The average molecular weight is 605 g/mol. The largest absolute Gasteiger partial charge is 0.436 e. The van der Waals surface area contributed by atoms with Crippen molar-refractivity contribution >= 4 is 38.9 Å². The molecule has 0 saturated carbocycles. The number of aromatic nitrogens is 1. The van der Waals surface area contributed by atoms with Gasteiger partial charge in [-0.1, -0.05) is 117 Å². The summed E-state index contributed by atoms with van der Waals surface area (Å²) in [7, 11) is 0. The van der Waals surface area contributed by atoms with Crippen molar-refractivity contribution in [2.45, 2.75) is 19.3 Å². The van der Waals surface area contributed by atoms with Gasteiger partial charge in [0.25, 0.3) is 0 Å². The highest BCUT2D eigenvalue weighted by atomic mass is 16.3. The molecule has 0 amide bonds. The van der Waals surface area contributed by atoms with Crippen LogP contribution in [0.25, 0.3) is 55.6 Å². The second-order valence-corrected chi connectivity index (χ2v) is 12.8. The van der Waals surface area contributed by atoms with Gasteiger partial charge in [-0.25, -0.2) is 4.98 Å². The molecule has 3 heteroatoms. The lowest BCUT2D eigenvalue weighted by atomic mass is 9.82. The number of rotatable bonds is 5. The third-order valence-corrected chi connectivity index (χ3v) is 9.71. The molecule has 1 aromatic heterocycles. The number of para-hydroxylation sites is 1. The van der Waals surface area contributed by atoms with Crippen molar-refractivity contribution in [3.63, 3.8) is 0 Å². The van der Waals surface area contributed by atoms with Crippen molar-refractivity contribution in [2.75, 3.05) is 4.90 Å². The van der Waals surface area contributed by atoms with Gasteiger partial charge in [-0.05, 0) is 88.0 Å². The first-order chi connectivity index (χ1) is 23.1. The van der Waals surface area contributed by atoms with Crippen LogP contribution in [0.15, 0.2) is 162 Å². The molecule has 3 nitrogen and oxygen atoms in total. The average Bonchev–Trinajstić information content (AvgIpc) is 3.67. The lowest BCUT2D eigenvalue weighted by Crippen LogP contribution is -2.14. The van der Waals surface area contributed by atoms with Gasteiger partial charge in [0.1, 0.15) is 5.52 Å². The van der Waals surface area contributed by atoms with Gasteiger partial charge in [0.2, 0.25) is 5.89 Å². The van der Waals surface area contributed by atoms with Crippen LogP contribution in [0.3, 0.4) is 0 Å². The van der Waals surface area contributed by atoms with Crippen molar-refractivity contribution in [1.29, 1.82) is 0 Å². The molecule has 0 unspecified atom stereocenters. The van der Waals surface area contributed by atoms with E-state index in [1.54, 1.807) is 0 Å². The normalized spacial score (nSPS) is 13.1. The number of hydrogen-bond donors (Lipinski definition) is 0. The minimum absolute atomic E-state index is 0.0303. The standard InChI is InChI=1S/C44H32N2O/c1-44(2)37-20-10-9-17-36(37)41-33(18-11-21-38(41)44)29-23-25-32(26-24-29)46(31-15-7-4-8-16-31)39-22-12-19-35-34(39)27-28-40-42(35)45-43(47-40)30-13-5-3-6-14-30/h3-28H,1-2H3. The van der Waals surface area contributed by atoms with Crippen LogP contribution in [-0.4, -0.2) is 4.98 Å². The van der Waals surface area contributed by atoms with Gasteiger partial charge in [0.05, 0.1) is 5.69 Å². The molecular formula is C44H32N2O. The van der Waals surface area contributed by atoms with Crippen molar-refractivity contribution < 1.29 is 4.42 Å². The van der Waals surface area contributed by atoms with Gasteiger partial charge in [-0.15, -0.1) is 0 Å². The Bertz CT molecular complexity index is 2420. The van der Waals surface area contributed by atoms with E-state index >= 15 is 0 Å². The zero-order valence-corrected chi connectivity index (χ0v) is 26.3. The van der Waals surface area contributed by atoms with Crippen LogP contribution in [0, 0.1) is 0 Å². The third kappa shape index (κ3) is 4.31. The van der Waals surface area contributed by atoms with Crippen LogP contribution < -0.4 is 4.90 Å². The Labute approximate surface area is 274 Å². The minimum atomic E-state index is -0.0303. The molecule has 1 aliphatic rings. The molecule has 8 aromatic rings. The van der Waals surface area contributed by atoms with Crippen LogP contribution in [0.2, 0.25) is 0 Å². The molecule has 0 aliphatic heterocycles. The first kappa shape index (κ1) is 27.4. The number of anilines is 3. The Morgan fingerprint density at radius 3 is 1.98 bits per heavy atom. The molecule has 7 aromatic carbocycles. The summed E-state index contributed by atoms with van der Waals surface area (Å²) in [6.07, 6.45) is 0. The third-order valence-electron chi connectivity index (χ3n) is 9.71. The maximum atomic E-state index is 6.23. The van der Waals surface area contributed by atoms with Crippen molar-refractivity contribution in [3.8, 4) is 33.7 Å².